The molecule has 0 saturated heterocycles. The number of amides is 1. The van der Waals surface area contributed by atoms with E-state index >= 15 is 0 Å². The van der Waals surface area contributed by atoms with Crippen LogP contribution in [0, 0.1) is 0 Å². The van der Waals surface area contributed by atoms with E-state index in [0.717, 1.165) is 22.4 Å². The summed E-state index contributed by atoms with van der Waals surface area (Å²) < 4.78 is 21.7. The van der Waals surface area contributed by atoms with Crippen LogP contribution in [0.4, 0.5) is 4.79 Å². The van der Waals surface area contributed by atoms with Crippen molar-refractivity contribution in [1.82, 2.24) is 4.90 Å². The van der Waals surface area contributed by atoms with Crippen LogP contribution in [0.3, 0.4) is 0 Å². The van der Waals surface area contributed by atoms with Crippen LogP contribution in [0.5, 0.6) is 11.5 Å². The predicted molar refractivity (Wildman–Crippen MR) is 115 cm³/mol. The van der Waals surface area contributed by atoms with Gasteiger partial charge in [0.25, 0.3) is 0 Å². The van der Waals surface area contributed by atoms with Crippen molar-refractivity contribution < 1.29 is 28.5 Å². The Hall–Kier alpha value is -3.22. The van der Waals surface area contributed by atoms with Crippen LogP contribution in [0.25, 0.3) is 0 Å². The number of hydrogen-bond acceptors (Lipinski definition) is 6. The van der Waals surface area contributed by atoms with Crippen LogP contribution in [0.1, 0.15) is 43.5 Å². The second-order valence-electron chi connectivity index (χ2n) is 8.35. The molecule has 1 atom stereocenters. The first kappa shape index (κ1) is 22.5. The van der Waals surface area contributed by atoms with Crippen molar-refractivity contribution in [3.05, 3.63) is 59.2 Å². The number of hydrogen-bond donors (Lipinski definition) is 0. The van der Waals surface area contributed by atoms with Gasteiger partial charge in [-0.3, -0.25) is 4.90 Å². The average Bonchev–Trinajstić information content (AvgIpc) is 2.75. The number of esters is 1. The second-order valence-corrected chi connectivity index (χ2v) is 8.35. The molecule has 7 nitrogen and oxygen atoms in total. The van der Waals surface area contributed by atoms with Gasteiger partial charge in [0.2, 0.25) is 0 Å². The van der Waals surface area contributed by atoms with Gasteiger partial charge in [-0.2, -0.15) is 0 Å². The number of methoxy groups -OCH3 is 2. The first-order valence-electron chi connectivity index (χ1n) is 10.2. The molecule has 1 aliphatic heterocycles. The number of carbonyl (C=O) groups excluding carboxylic acids is 2. The highest BCUT2D eigenvalue weighted by atomic mass is 16.6. The fourth-order valence-electron chi connectivity index (χ4n) is 3.51. The van der Waals surface area contributed by atoms with Crippen LogP contribution in [0.2, 0.25) is 0 Å². The SMILES string of the molecule is COC(=O)C1c2ccc(OCc3cccc(OC)c3)cc2CCN1C(=O)OC(C)(C)C. The number of benzene rings is 2. The van der Waals surface area contributed by atoms with Crippen LogP contribution in [-0.2, 0) is 27.3 Å². The first-order chi connectivity index (χ1) is 14.7. The maximum absolute atomic E-state index is 12.7. The molecule has 0 N–H and O–H groups in total. The van der Waals surface area contributed by atoms with E-state index in [9.17, 15) is 9.59 Å². The lowest BCUT2D eigenvalue weighted by atomic mass is 9.92. The van der Waals surface area contributed by atoms with Crippen molar-refractivity contribution in [3.63, 3.8) is 0 Å². The zero-order valence-corrected chi connectivity index (χ0v) is 18.6. The van der Waals surface area contributed by atoms with Crippen LogP contribution in [-0.4, -0.2) is 43.3 Å². The summed E-state index contributed by atoms with van der Waals surface area (Å²) in [6, 6.07) is 12.4. The zero-order chi connectivity index (χ0) is 22.6. The van der Waals surface area contributed by atoms with E-state index in [0.29, 0.717) is 25.3 Å². The summed E-state index contributed by atoms with van der Waals surface area (Å²) in [6.45, 7) is 6.12. The summed E-state index contributed by atoms with van der Waals surface area (Å²) in [5.41, 5.74) is 1.99. The monoisotopic (exact) mass is 427 g/mol. The quantitative estimate of drug-likeness (QED) is 0.663. The lowest BCUT2D eigenvalue weighted by Gasteiger charge is -2.36. The first-order valence-corrected chi connectivity index (χ1v) is 10.2. The van der Waals surface area contributed by atoms with Gasteiger partial charge >= 0.3 is 12.1 Å². The maximum Gasteiger partial charge on any atom is 0.411 e. The number of fused-ring (bicyclic) bond motifs is 1. The largest absolute Gasteiger partial charge is 0.497 e. The Morgan fingerprint density at radius 2 is 1.84 bits per heavy atom. The average molecular weight is 427 g/mol. The Kier molecular flexibility index (Phi) is 6.73. The van der Waals surface area contributed by atoms with Crippen molar-refractivity contribution in [3.8, 4) is 11.5 Å². The number of ether oxygens (including phenoxy) is 4. The lowest BCUT2D eigenvalue weighted by Crippen LogP contribution is -2.46. The molecule has 0 bridgehead atoms. The lowest BCUT2D eigenvalue weighted by molar-refractivity contribution is -0.147. The van der Waals surface area contributed by atoms with Gasteiger partial charge < -0.3 is 18.9 Å². The van der Waals surface area contributed by atoms with Crippen molar-refractivity contribution in [2.45, 2.75) is 45.4 Å². The zero-order valence-electron chi connectivity index (χ0n) is 18.6. The molecule has 1 heterocycles. The molecule has 0 fully saturated rings. The third kappa shape index (κ3) is 5.48. The molecule has 0 radical (unpaired) electrons. The van der Waals surface area contributed by atoms with E-state index < -0.39 is 23.7 Å². The van der Waals surface area contributed by atoms with Gasteiger partial charge in [0.1, 0.15) is 23.7 Å². The fraction of sp³-hybridized carbons (Fsp3) is 0.417. The molecular weight excluding hydrogens is 398 g/mol. The third-order valence-electron chi connectivity index (χ3n) is 4.93. The van der Waals surface area contributed by atoms with E-state index in [4.69, 9.17) is 18.9 Å². The topological polar surface area (TPSA) is 74.3 Å². The summed E-state index contributed by atoms with van der Waals surface area (Å²) in [5, 5.41) is 0. The Bertz CT molecular complexity index is 949. The highest BCUT2D eigenvalue weighted by Gasteiger charge is 2.39. The Balaban J connectivity index is 1.80. The second kappa shape index (κ2) is 9.29. The van der Waals surface area contributed by atoms with Crippen molar-refractivity contribution in [2.75, 3.05) is 20.8 Å². The summed E-state index contributed by atoms with van der Waals surface area (Å²) in [6.07, 6.45) is 0.0465. The van der Waals surface area contributed by atoms with E-state index in [1.165, 1.54) is 12.0 Å². The normalized spacial score (nSPS) is 15.6. The minimum Gasteiger partial charge on any atom is -0.497 e. The van der Waals surface area contributed by atoms with Crippen molar-refractivity contribution >= 4 is 12.1 Å². The van der Waals surface area contributed by atoms with E-state index in [1.807, 2.05) is 36.4 Å². The van der Waals surface area contributed by atoms with E-state index in [2.05, 4.69) is 0 Å². The number of nitrogens with zero attached hydrogens (tertiary/aromatic N) is 1. The third-order valence-corrected chi connectivity index (χ3v) is 4.93. The molecule has 0 saturated carbocycles. The van der Waals surface area contributed by atoms with Crippen molar-refractivity contribution in [2.24, 2.45) is 0 Å². The summed E-state index contributed by atoms with van der Waals surface area (Å²) in [7, 11) is 2.94. The van der Waals surface area contributed by atoms with Gasteiger partial charge in [-0.1, -0.05) is 18.2 Å². The highest BCUT2D eigenvalue weighted by molar-refractivity contribution is 5.84. The number of carbonyl (C=O) groups is 2. The van der Waals surface area contributed by atoms with Crippen LogP contribution < -0.4 is 9.47 Å². The van der Waals surface area contributed by atoms with E-state index in [-0.39, 0.29) is 0 Å². The smallest absolute Gasteiger partial charge is 0.411 e. The molecule has 31 heavy (non-hydrogen) atoms. The molecular formula is C24H29NO6. The molecule has 2 aromatic rings. The van der Waals surface area contributed by atoms with Crippen LogP contribution >= 0.6 is 0 Å². The standard InChI is InChI=1S/C24H29NO6/c1-24(2,3)31-23(27)25-12-11-17-14-19(9-10-20(17)21(25)22(26)29-5)30-15-16-7-6-8-18(13-16)28-4/h6-10,13-14,21H,11-12,15H2,1-5H3. The Labute approximate surface area is 182 Å². The molecule has 1 amide bonds. The summed E-state index contributed by atoms with van der Waals surface area (Å²) in [4.78, 5) is 26.7. The van der Waals surface area contributed by atoms with Gasteiger partial charge in [0.05, 0.1) is 14.2 Å². The molecule has 0 aromatic heterocycles. The molecule has 166 valence electrons. The van der Waals surface area contributed by atoms with Gasteiger partial charge in [0, 0.05) is 6.54 Å². The van der Waals surface area contributed by atoms with Gasteiger partial charge in [0.15, 0.2) is 6.04 Å². The maximum atomic E-state index is 12.7. The Morgan fingerprint density at radius 3 is 2.52 bits per heavy atom. The molecule has 7 heteroatoms. The summed E-state index contributed by atoms with van der Waals surface area (Å²) in [5.74, 6) is 0.961. The predicted octanol–water partition coefficient (Wildman–Crippen LogP) is 4.28. The van der Waals surface area contributed by atoms with Crippen molar-refractivity contribution in [1.29, 1.82) is 0 Å². The van der Waals surface area contributed by atoms with Gasteiger partial charge in [-0.15, -0.1) is 0 Å². The molecule has 0 aliphatic carbocycles. The summed E-state index contributed by atoms with van der Waals surface area (Å²) >= 11 is 0. The van der Waals surface area contributed by atoms with E-state index in [1.54, 1.807) is 33.9 Å². The minimum absolute atomic E-state index is 0.348. The molecule has 2 aromatic carbocycles. The fourth-order valence-corrected chi connectivity index (χ4v) is 3.51. The molecule has 1 unspecified atom stereocenters. The number of rotatable bonds is 5. The molecule has 3 rings (SSSR count). The molecule has 1 aliphatic rings. The van der Waals surface area contributed by atoms with Gasteiger partial charge in [-0.25, -0.2) is 9.59 Å². The minimum atomic E-state index is -0.851. The van der Waals surface area contributed by atoms with Crippen LogP contribution in [0.15, 0.2) is 42.5 Å². The molecule has 0 spiro atoms. The Morgan fingerprint density at radius 1 is 1.06 bits per heavy atom. The van der Waals surface area contributed by atoms with Gasteiger partial charge in [-0.05, 0) is 68.1 Å². The highest BCUT2D eigenvalue weighted by Crippen LogP contribution is 2.34.